The van der Waals surface area contributed by atoms with Crippen LogP contribution in [0.4, 0.5) is 13.2 Å². The van der Waals surface area contributed by atoms with Gasteiger partial charge in [0.2, 0.25) is 5.91 Å². The van der Waals surface area contributed by atoms with Crippen LogP contribution in [-0.2, 0) is 11.0 Å². The average molecular weight is 398 g/mol. The zero-order valence-electron chi connectivity index (χ0n) is 15.1. The lowest BCUT2D eigenvalue weighted by Crippen LogP contribution is -2.50. The SMILES string of the molecule is CC(NC(=O)C(NC(=O)c1cccs1)C(C)C)c1ccc(C(F)(F)F)cc1. The Morgan fingerprint density at radius 2 is 1.63 bits per heavy atom. The minimum absolute atomic E-state index is 0.159. The molecule has 2 amide bonds. The topological polar surface area (TPSA) is 58.2 Å². The molecule has 146 valence electrons. The summed E-state index contributed by atoms with van der Waals surface area (Å²) in [5.74, 6) is -0.878. The molecule has 4 nitrogen and oxygen atoms in total. The maximum Gasteiger partial charge on any atom is 0.416 e. The van der Waals surface area contributed by atoms with Crippen LogP contribution in [0.15, 0.2) is 41.8 Å². The number of halogens is 3. The predicted molar refractivity (Wildman–Crippen MR) is 98.4 cm³/mol. The number of rotatable bonds is 6. The number of amides is 2. The smallest absolute Gasteiger partial charge is 0.348 e. The first-order valence-corrected chi connectivity index (χ1v) is 9.29. The van der Waals surface area contributed by atoms with Crippen molar-refractivity contribution in [1.82, 2.24) is 10.6 Å². The van der Waals surface area contributed by atoms with Crippen LogP contribution in [0.25, 0.3) is 0 Å². The Morgan fingerprint density at radius 1 is 1.00 bits per heavy atom. The Kier molecular flexibility index (Phi) is 6.64. The van der Waals surface area contributed by atoms with Gasteiger partial charge in [0.15, 0.2) is 0 Å². The molecule has 2 N–H and O–H groups in total. The first-order valence-electron chi connectivity index (χ1n) is 8.41. The second-order valence-corrected chi connectivity index (χ2v) is 7.47. The van der Waals surface area contributed by atoms with Gasteiger partial charge >= 0.3 is 6.18 Å². The van der Waals surface area contributed by atoms with Crippen LogP contribution in [0.5, 0.6) is 0 Å². The molecule has 0 aliphatic heterocycles. The second-order valence-electron chi connectivity index (χ2n) is 6.52. The van der Waals surface area contributed by atoms with Gasteiger partial charge in [-0.2, -0.15) is 13.2 Å². The fourth-order valence-electron chi connectivity index (χ4n) is 2.50. The van der Waals surface area contributed by atoms with Gasteiger partial charge in [-0.15, -0.1) is 11.3 Å². The summed E-state index contributed by atoms with van der Waals surface area (Å²) in [7, 11) is 0. The summed E-state index contributed by atoms with van der Waals surface area (Å²) in [5, 5.41) is 7.24. The van der Waals surface area contributed by atoms with Crippen molar-refractivity contribution in [3.05, 3.63) is 57.8 Å². The van der Waals surface area contributed by atoms with Gasteiger partial charge in [0.05, 0.1) is 16.5 Å². The van der Waals surface area contributed by atoms with E-state index in [2.05, 4.69) is 10.6 Å². The van der Waals surface area contributed by atoms with Gasteiger partial charge in [0.25, 0.3) is 5.91 Å². The summed E-state index contributed by atoms with van der Waals surface area (Å²) in [6.45, 7) is 5.29. The van der Waals surface area contributed by atoms with Crippen molar-refractivity contribution in [2.45, 2.75) is 39.0 Å². The van der Waals surface area contributed by atoms with E-state index in [4.69, 9.17) is 0 Å². The van der Waals surface area contributed by atoms with Crippen LogP contribution in [0.3, 0.4) is 0 Å². The monoisotopic (exact) mass is 398 g/mol. The number of alkyl halides is 3. The Hall–Kier alpha value is -2.35. The van der Waals surface area contributed by atoms with Gasteiger partial charge in [0, 0.05) is 0 Å². The summed E-state index contributed by atoms with van der Waals surface area (Å²) in [6.07, 6.45) is -4.40. The number of benzene rings is 1. The quantitative estimate of drug-likeness (QED) is 0.758. The van der Waals surface area contributed by atoms with E-state index in [1.54, 1.807) is 24.4 Å². The highest BCUT2D eigenvalue weighted by atomic mass is 32.1. The van der Waals surface area contributed by atoms with Gasteiger partial charge < -0.3 is 10.6 Å². The van der Waals surface area contributed by atoms with E-state index in [0.717, 1.165) is 12.1 Å². The van der Waals surface area contributed by atoms with Crippen molar-refractivity contribution < 1.29 is 22.8 Å². The van der Waals surface area contributed by atoms with Gasteiger partial charge in [-0.25, -0.2) is 0 Å². The first kappa shape index (κ1) is 21.0. The van der Waals surface area contributed by atoms with E-state index in [1.165, 1.54) is 23.5 Å². The fourth-order valence-corrected chi connectivity index (χ4v) is 3.13. The molecular weight excluding hydrogens is 377 g/mol. The highest BCUT2D eigenvalue weighted by Gasteiger charge is 2.30. The highest BCUT2D eigenvalue weighted by Crippen LogP contribution is 2.29. The molecule has 1 heterocycles. The molecule has 0 fully saturated rings. The van der Waals surface area contributed by atoms with Crippen LogP contribution in [0, 0.1) is 5.92 Å². The maximum absolute atomic E-state index is 12.7. The van der Waals surface area contributed by atoms with Crippen LogP contribution >= 0.6 is 11.3 Å². The molecule has 2 rings (SSSR count). The fraction of sp³-hybridized carbons (Fsp3) is 0.368. The molecule has 0 aliphatic carbocycles. The molecule has 0 saturated carbocycles. The van der Waals surface area contributed by atoms with E-state index >= 15 is 0 Å². The average Bonchev–Trinajstić information content (AvgIpc) is 3.13. The molecule has 2 unspecified atom stereocenters. The molecule has 0 radical (unpaired) electrons. The molecule has 0 spiro atoms. The first-order chi connectivity index (χ1) is 12.6. The molecule has 0 saturated heterocycles. The molecule has 0 aliphatic rings. The van der Waals surface area contributed by atoms with E-state index in [0.29, 0.717) is 10.4 Å². The van der Waals surface area contributed by atoms with Gasteiger partial charge in [0.1, 0.15) is 6.04 Å². The van der Waals surface area contributed by atoms with Crippen molar-refractivity contribution in [2.75, 3.05) is 0 Å². The third-order valence-corrected chi connectivity index (χ3v) is 4.95. The van der Waals surface area contributed by atoms with Crippen LogP contribution in [-0.4, -0.2) is 17.9 Å². The normalized spacial score (nSPS) is 13.9. The van der Waals surface area contributed by atoms with Crippen LogP contribution < -0.4 is 10.6 Å². The Bertz CT molecular complexity index is 771. The van der Waals surface area contributed by atoms with E-state index in [-0.39, 0.29) is 17.7 Å². The minimum atomic E-state index is -4.40. The summed E-state index contributed by atoms with van der Waals surface area (Å²) in [5.41, 5.74) is -0.198. The zero-order valence-corrected chi connectivity index (χ0v) is 15.9. The van der Waals surface area contributed by atoms with Gasteiger partial charge in [-0.3, -0.25) is 9.59 Å². The molecule has 2 atom stereocenters. The summed E-state index contributed by atoms with van der Waals surface area (Å²) < 4.78 is 38.0. The van der Waals surface area contributed by atoms with Crippen molar-refractivity contribution in [1.29, 1.82) is 0 Å². The third-order valence-electron chi connectivity index (χ3n) is 4.08. The molecule has 1 aromatic heterocycles. The van der Waals surface area contributed by atoms with E-state index in [1.807, 2.05) is 13.8 Å². The second kappa shape index (κ2) is 8.56. The van der Waals surface area contributed by atoms with E-state index in [9.17, 15) is 22.8 Å². The lowest BCUT2D eigenvalue weighted by atomic mass is 10.0. The van der Waals surface area contributed by atoms with Crippen LogP contribution in [0.1, 0.15) is 47.6 Å². The number of nitrogens with one attached hydrogen (secondary N) is 2. The predicted octanol–water partition coefficient (Wildman–Crippen LogP) is 4.40. The number of carbonyl (C=O) groups excluding carboxylic acids is 2. The number of carbonyl (C=O) groups is 2. The van der Waals surface area contributed by atoms with Crippen molar-refractivity contribution >= 4 is 23.2 Å². The van der Waals surface area contributed by atoms with Crippen molar-refractivity contribution in [3.8, 4) is 0 Å². The number of thiophene rings is 1. The largest absolute Gasteiger partial charge is 0.416 e. The minimum Gasteiger partial charge on any atom is -0.348 e. The lowest BCUT2D eigenvalue weighted by molar-refractivity contribution is -0.137. The Labute approximate surface area is 159 Å². The Balaban J connectivity index is 2.04. The van der Waals surface area contributed by atoms with Crippen molar-refractivity contribution in [3.63, 3.8) is 0 Å². The molecular formula is C19H21F3N2O2S. The zero-order chi connectivity index (χ0) is 20.2. The number of hydrogen-bond donors (Lipinski definition) is 2. The molecule has 2 aromatic rings. The highest BCUT2D eigenvalue weighted by molar-refractivity contribution is 7.12. The third kappa shape index (κ3) is 5.56. The number of hydrogen-bond acceptors (Lipinski definition) is 3. The Morgan fingerprint density at radius 3 is 2.11 bits per heavy atom. The van der Waals surface area contributed by atoms with E-state index < -0.39 is 23.8 Å². The molecule has 8 heteroatoms. The van der Waals surface area contributed by atoms with Gasteiger partial charge in [-0.1, -0.05) is 32.0 Å². The summed E-state index contributed by atoms with van der Waals surface area (Å²) in [6, 6.07) is 6.80. The molecule has 27 heavy (non-hydrogen) atoms. The van der Waals surface area contributed by atoms with Gasteiger partial charge in [-0.05, 0) is 42.0 Å². The summed E-state index contributed by atoms with van der Waals surface area (Å²) in [4.78, 5) is 25.3. The molecule has 0 bridgehead atoms. The van der Waals surface area contributed by atoms with Crippen LogP contribution in [0.2, 0.25) is 0 Å². The summed E-state index contributed by atoms with van der Waals surface area (Å²) >= 11 is 1.27. The van der Waals surface area contributed by atoms with Crippen molar-refractivity contribution in [2.24, 2.45) is 5.92 Å². The maximum atomic E-state index is 12.7. The lowest BCUT2D eigenvalue weighted by Gasteiger charge is -2.24. The molecule has 1 aromatic carbocycles. The standard InChI is InChI=1S/C19H21F3N2O2S/c1-11(2)16(24-17(25)15-5-4-10-27-15)18(26)23-12(3)13-6-8-14(9-7-13)19(20,21)22/h4-12,16H,1-3H3,(H,23,26)(H,24,25).